The van der Waals surface area contributed by atoms with Gasteiger partial charge in [-0.05, 0) is 51.0 Å². The largest absolute Gasteiger partial charge is 0.389 e. The van der Waals surface area contributed by atoms with E-state index in [-0.39, 0.29) is 6.10 Å². The van der Waals surface area contributed by atoms with E-state index in [0.717, 1.165) is 18.8 Å². The number of rotatable bonds is 7. The lowest BCUT2D eigenvalue weighted by Crippen LogP contribution is -2.26. The van der Waals surface area contributed by atoms with Gasteiger partial charge in [-0.2, -0.15) is 0 Å². The summed E-state index contributed by atoms with van der Waals surface area (Å²) in [5, 5.41) is 13.0. The van der Waals surface area contributed by atoms with Crippen molar-refractivity contribution < 1.29 is 9.84 Å². The Hall–Kier alpha value is -1.26. The minimum Gasteiger partial charge on any atom is -0.389 e. The van der Waals surface area contributed by atoms with Crippen molar-refractivity contribution in [1.29, 1.82) is 0 Å². The summed E-state index contributed by atoms with van der Waals surface area (Å²) in [4.78, 5) is 2.41. The third kappa shape index (κ3) is 4.69. The molecule has 0 radical (unpaired) electrons. The smallest absolute Gasteiger partial charge is 0.0945 e. The van der Waals surface area contributed by atoms with E-state index in [2.05, 4.69) is 34.5 Å². The number of anilines is 2. The van der Waals surface area contributed by atoms with Crippen LogP contribution < -0.4 is 10.2 Å². The zero-order valence-electron chi connectivity index (χ0n) is 12.5. The fourth-order valence-electron chi connectivity index (χ4n) is 2.36. The fraction of sp³-hybridized carbons (Fsp3) is 0.625. The van der Waals surface area contributed by atoms with Crippen LogP contribution in [0.5, 0.6) is 0 Å². The maximum absolute atomic E-state index is 9.79. The Morgan fingerprint density at radius 3 is 2.45 bits per heavy atom. The highest BCUT2D eigenvalue weighted by Crippen LogP contribution is 2.21. The molecule has 0 aliphatic carbocycles. The number of nitrogens with zero attached hydrogens (tertiary/aromatic N) is 1. The second-order valence-corrected chi connectivity index (χ2v) is 5.66. The number of benzene rings is 1. The Kier molecular flexibility index (Phi) is 5.68. The lowest BCUT2D eigenvalue weighted by Gasteiger charge is -2.18. The minimum absolute atomic E-state index is 0.157. The monoisotopic (exact) mass is 278 g/mol. The number of aliphatic hydroxyl groups excluding tert-OH is 1. The molecule has 1 saturated heterocycles. The number of ether oxygens (including phenoxy) is 1. The Morgan fingerprint density at radius 1 is 1.20 bits per heavy atom. The molecule has 1 aliphatic rings. The quantitative estimate of drug-likeness (QED) is 0.804. The summed E-state index contributed by atoms with van der Waals surface area (Å²) in [6, 6.07) is 8.43. The van der Waals surface area contributed by atoms with E-state index < -0.39 is 6.10 Å². The molecular weight excluding hydrogens is 252 g/mol. The molecule has 112 valence electrons. The Labute approximate surface area is 121 Å². The molecule has 0 aromatic heterocycles. The standard InChI is InChI=1S/C16H26N2O2/c1-13(2)20-12-16(19)11-17-14-5-7-15(8-6-14)18-9-3-4-10-18/h5-8,13,16-17,19H,3-4,9-12H2,1-2H3. The second-order valence-electron chi connectivity index (χ2n) is 5.66. The molecule has 0 bridgehead atoms. The van der Waals surface area contributed by atoms with Gasteiger partial charge in [0.2, 0.25) is 0 Å². The van der Waals surface area contributed by atoms with Gasteiger partial charge in [-0.3, -0.25) is 0 Å². The summed E-state index contributed by atoms with van der Waals surface area (Å²) in [6.07, 6.45) is 2.27. The molecule has 1 aliphatic heterocycles. The van der Waals surface area contributed by atoms with Gasteiger partial charge in [-0.1, -0.05) is 0 Å². The van der Waals surface area contributed by atoms with Crippen LogP contribution >= 0.6 is 0 Å². The number of hydrogen-bond acceptors (Lipinski definition) is 4. The van der Waals surface area contributed by atoms with Crippen molar-refractivity contribution in [2.45, 2.75) is 38.9 Å². The molecule has 2 N–H and O–H groups in total. The third-order valence-electron chi connectivity index (χ3n) is 3.50. The molecule has 1 atom stereocenters. The molecule has 0 spiro atoms. The summed E-state index contributed by atoms with van der Waals surface area (Å²) >= 11 is 0. The van der Waals surface area contributed by atoms with Crippen molar-refractivity contribution in [2.24, 2.45) is 0 Å². The molecule has 1 heterocycles. The molecule has 0 amide bonds. The van der Waals surface area contributed by atoms with Gasteiger partial charge in [0.1, 0.15) is 0 Å². The van der Waals surface area contributed by atoms with Crippen LogP contribution in [-0.2, 0) is 4.74 Å². The summed E-state index contributed by atoms with van der Waals surface area (Å²) in [5.41, 5.74) is 2.33. The SMILES string of the molecule is CC(C)OCC(O)CNc1ccc(N2CCCC2)cc1. The number of aliphatic hydroxyl groups is 1. The molecule has 1 aromatic carbocycles. The van der Waals surface area contributed by atoms with E-state index in [1.54, 1.807) is 0 Å². The fourth-order valence-corrected chi connectivity index (χ4v) is 2.36. The van der Waals surface area contributed by atoms with Crippen molar-refractivity contribution >= 4 is 11.4 Å². The minimum atomic E-state index is -0.476. The molecule has 2 rings (SSSR count). The van der Waals surface area contributed by atoms with Gasteiger partial charge in [-0.15, -0.1) is 0 Å². The maximum Gasteiger partial charge on any atom is 0.0945 e. The van der Waals surface area contributed by atoms with Gasteiger partial charge < -0.3 is 20.1 Å². The van der Waals surface area contributed by atoms with Crippen LogP contribution in [-0.4, -0.2) is 43.6 Å². The number of nitrogens with one attached hydrogen (secondary N) is 1. The van der Waals surface area contributed by atoms with E-state index in [4.69, 9.17) is 4.74 Å². The number of hydrogen-bond donors (Lipinski definition) is 2. The molecule has 0 saturated carbocycles. The summed E-state index contributed by atoms with van der Waals surface area (Å²) in [6.45, 7) is 7.15. The van der Waals surface area contributed by atoms with Crippen LogP contribution in [0.4, 0.5) is 11.4 Å². The van der Waals surface area contributed by atoms with E-state index >= 15 is 0 Å². The normalized spacial score (nSPS) is 16.7. The van der Waals surface area contributed by atoms with E-state index in [9.17, 15) is 5.11 Å². The van der Waals surface area contributed by atoms with Crippen LogP contribution in [0.1, 0.15) is 26.7 Å². The van der Waals surface area contributed by atoms with Gasteiger partial charge >= 0.3 is 0 Å². The van der Waals surface area contributed by atoms with Crippen molar-refractivity contribution in [3.8, 4) is 0 Å². The van der Waals surface area contributed by atoms with Crippen LogP contribution in [0.3, 0.4) is 0 Å². The van der Waals surface area contributed by atoms with E-state index in [0.29, 0.717) is 13.2 Å². The predicted octanol–water partition coefficient (Wildman–Crippen LogP) is 2.48. The first-order chi connectivity index (χ1) is 9.65. The molecule has 1 fully saturated rings. The predicted molar refractivity (Wildman–Crippen MR) is 83.5 cm³/mol. The van der Waals surface area contributed by atoms with Crippen LogP contribution in [0.2, 0.25) is 0 Å². The van der Waals surface area contributed by atoms with Crippen LogP contribution in [0.15, 0.2) is 24.3 Å². The Balaban J connectivity index is 1.75. The molecular formula is C16H26N2O2. The average molecular weight is 278 g/mol. The highest BCUT2D eigenvalue weighted by molar-refractivity contribution is 5.55. The highest BCUT2D eigenvalue weighted by atomic mass is 16.5. The van der Waals surface area contributed by atoms with Gasteiger partial charge in [0.15, 0.2) is 0 Å². The zero-order valence-corrected chi connectivity index (χ0v) is 12.5. The van der Waals surface area contributed by atoms with Crippen LogP contribution in [0.25, 0.3) is 0 Å². The molecule has 20 heavy (non-hydrogen) atoms. The van der Waals surface area contributed by atoms with Gasteiger partial charge in [0, 0.05) is 31.0 Å². The maximum atomic E-state index is 9.79. The van der Waals surface area contributed by atoms with E-state index in [1.165, 1.54) is 18.5 Å². The molecule has 4 heteroatoms. The first-order valence-corrected chi connectivity index (χ1v) is 7.53. The third-order valence-corrected chi connectivity index (χ3v) is 3.50. The lowest BCUT2D eigenvalue weighted by molar-refractivity contribution is 0.0112. The summed E-state index contributed by atoms with van der Waals surface area (Å²) in [7, 11) is 0. The topological polar surface area (TPSA) is 44.7 Å². The molecule has 1 aromatic rings. The van der Waals surface area contributed by atoms with Crippen molar-refractivity contribution in [3.63, 3.8) is 0 Å². The average Bonchev–Trinajstić information content (AvgIpc) is 2.97. The van der Waals surface area contributed by atoms with Gasteiger partial charge in [0.05, 0.1) is 18.8 Å². The van der Waals surface area contributed by atoms with Crippen molar-refractivity contribution in [1.82, 2.24) is 0 Å². The van der Waals surface area contributed by atoms with Crippen LogP contribution in [0, 0.1) is 0 Å². The zero-order chi connectivity index (χ0) is 14.4. The summed E-state index contributed by atoms with van der Waals surface area (Å²) in [5.74, 6) is 0. The first kappa shape index (κ1) is 15.1. The van der Waals surface area contributed by atoms with Gasteiger partial charge in [-0.25, -0.2) is 0 Å². The molecule has 1 unspecified atom stereocenters. The Bertz CT molecular complexity index is 386. The molecule has 4 nitrogen and oxygen atoms in total. The second kappa shape index (κ2) is 7.50. The Morgan fingerprint density at radius 2 is 1.85 bits per heavy atom. The highest BCUT2D eigenvalue weighted by Gasteiger charge is 2.12. The van der Waals surface area contributed by atoms with Crippen molar-refractivity contribution in [3.05, 3.63) is 24.3 Å². The van der Waals surface area contributed by atoms with E-state index in [1.807, 2.05) is 13.8 Å². The first-order valence-electron chi connectivity index (χ1n) is 7.53. The summed E-state index contributed by atoms with van der Waals surface area (Å²) < 4.78 is 5.38. The lowest BCUT2D eigenvalue weighted by atomic mass is 10.2. The van der Waals surface area contributed by atoms with Gasteiger partial charge in [0.25, 0.3) is 0 Å². The van der Waals surface area contributed by atoms with Crippen molar-refractivity contribution in [2.75, 3.05) is 36.5 Å².